The van der Waals surface area contributed by atoms with E-state index in [1.165, 1.54) is 0 Å². The topological polar surface area (TPSA) is 67.8 Å². The van der Waals surface area contributed by atoms with Crippen LogP contribution in [0.15, 0.2) is 4.99 Å². The molecule has 5 heteroatoms. The lowest BCUT2D eigenvalue weighted by Gasteiger charge is -2.05. The molecule has 1 N–H and O–H groups in total. The minimum atomic E-state index is -0.653. The molecule has 0 saturated heterocycles. The first-order chi connectivity index (χ1) is 5.61. The van der Waals surface area contributed by atoms with E-state index >= 15 is 0 Å². The lowest BCUT2D eigenvalue weighted by Crippen LogP contribution is -2.31. The molecule has 0 aromatic carbocycles. The summed E-state index contributed by atoms with van der Waals surface area (Å²) in [7, 11) is 0. The van der Waals surface area contributed by atoms with Gasteiger partial charge in [0.05, 0.1) is 6.10 Å². The number of hydrogen-bond acceptors (Lipinski definition) is 4. The SMILES string of the molecule is CC(C)OC(=O)C1=NCNC1=O. The van der Waals surface area contributed by atoms with E-state index in [9.17, 15) is 9.59 Å². The summed E-state index contributed by atoms with van der Waals surface area (Å²) in [6.45, 7) is 3.60. The van der Waals surface area contributed by atoms with Crippen molar-refractivity contribution in [1.29, 1.82) is 0 Å². The summed E-state index contributed by atoms with van der Waals surface area (Å²) in [4.78, 5) is 25.6. The minimum absolute atomic E-state index is 0.135. The zero-order chi connectivity index (χ0) is 9.14. The van der Waals surface area contributed by atoms with E-state index in [0.717, 1.165) is 0 Å². The van der Waals surface area contributed by atoms with Crippen LogP contribution in [-0.4, -0.2) is 30.4 Å². The van der Waals surface area contributed by atoms with Gasteiger partial charge in [-0.15, -0.1) is 0 Å². The average Bonchev–Trinajstić information content (AvgIpc) is 2.33. The second-order valence-corrected chi connectivity index (χ2v) is 2.62. The number of carbonyl (C=O) groups is 2. The van der Waals surface area contributed by atoms with Crippen molar-refractivity contribution in [3.05, 3.63) is 0 Å². The molecule has 0 saturated carbocycles. The molecule has 0 radical (unpaired) electrons. The van der Waals surface area contributed by atoms with E-state index in [4.69, 9.17) is 4.74 Å². The molecular formula is C7H10N2O3. The van der Waals surface area contributed by atoms with Crippen LogP contribution in [0.2, 0.25) is 0 Å². The van der Waals surface area contributed by atoms with Gasteiger partial charge in [0, 0.05) is 0 Å². The van der Waals surface area contributed by atoms with Gasteiger partial charge in [-0.05, 0) is 13.8 Å². The number of amides is 1. The summed E-state index contributed by atoms with van der Waals surface area (Å²) in [6, 6.07) is 0. The summed E-state index contributed by atoms with van der Waals surface area (Å²) >= 11 is 0. The van der Waals surface area contributed by atoms with Crippen LogP contribution in [0.4, 0.5) is 0 Å². The Bertz CT molecular complexity index is 245. The van der Waals surface area contributed by atoms with E-state index in [1.807, 2.05) is 0 Å². The van der Waals surface area contributed by atoms with Crippen molar-refractivity contribution in [3.63, 3.8) is 0 Å². The van der Waals surface area contributed by atoms with Crippen molar-refractivity contribution in [2.75, 3.05) is 6.67 Å². The molecule has 66 valence electrons. The van der Waals surface area contributed by atoms with Gasteiger partial charge in [0.25, 0.3) is 5.91 Å². The molecule has 1 aliphatic heterocycles. The van der Waals surface area contributed by atoms with Crippen molar-refractivity contribution in [2.24, 2.45) is 4.99 Å². The van der Waals surface area contributed by atoms with Gasteiger partial charge in [-0.1, -0.05) is 0 Å². The van der Waals surface area contributed by atoms with Crippen molar-refractivity contribution in [3.8, 4) is 0 Å². The molecule has 5 nitrogen and oxygen atoms in total. The summed E-state index contributed by atoms with van der Waals surface area (Å²) in [5.74, 6) is -1.11. The Labute approximate surface area is 69.8 Å². The van der Waals surface area contributed by atoms with Crippen LogP contribution < -0.4 is 5.32 Å². The molecule has 1 rings (SSSR count). The molecular weight excluding hydrogens is 160 g/mol. The maximum atomic E-state index is 11.1. The van der Waals surface area contributed by atoms with Crippen LogP contribution in [0.1, 0.15) is 13.8 Å². The van der Waals surface area contributed by atoms with Crippen molar-refractivity contribution in [1.82, 2.24) is 5.32 Å². The quantitative estimate of drug-likeness (QED) is 0.566. The summed E-state index contributed by atoms with van der Waals surface area (Å²) in [6.07, 6.45) is -0.228. The maximum absolute atomic E-state index is 11.1. The molecule has 0 aromatic rings. The summed E-state index contributed by atoms with van der Waals surface area (Å²) in [5.41, 5.74) is -0.135. The zero-order valence-corrected chi connectivity index (χ0v) is 6.96. The standard InChI is InChI=1S/C7H10N2O3/c1-4(2)12-7(11)5-6(10)9-3-8-5/h4H,3H2,1-2H3,(H,9,10). The number of aliphatic imine (C=N–C) groups is 1. The zero-order valence-electron chi connectivity index (χ0n) is 6.96. The second-order valence-electron chi connectivity index (χ2n) is 2.62. The highest BCUT2D eigenvalue weighted by Crippen LogP contribution is 1.95. The third-order valence-corrected chi connectivity index (χ3v) is 1.23. The van der Waals surface area contributed by atoms with E-state index in [0.29, 0.717) is 0 Å². The average molecular weight is 170 g/mol. The van der Waals surface area contributed by atoms with Gasteiger partial charge in [0.2, 0.25) is 5.71 Å². The van der Waals surface area contributed by atoms with E-state index in [2.05, 4.69) is 10.3 Å². The van der Waals surface area contributed by atoms with Crippen molar-refractivity contribution >= 4 is 17.6 Å². The van der Waals surface area contributed by atoms with Crippen LogP contribution in [0.5, 0.6) is 0 Å². The highest BCUT2D eigenvalue weighted by atomic mass is 16.5. The second kappa shape index (κ2) is 3.34. The van der Waals surface area contributed by atoms with Gasteiger partial charge < -0.3 is 10.1 Å². The lowest BCUT2D eigenvalue weighted by molar-refractivity contribution is -0.139. The van der Waals surface area contributed by atoms with Gasteiger partial charge >= 0.3 is 5.97 Å². The van der Waals surface area contributed by atoms with Crippen LogP contribution in [0.3, 0.4) is 0 Å². The molecule has 0 bridgehead atoms. The molecule has 0 unspecified atom stereocenters. The summed E-state index contributed by atoms with van der Waals surface area (Å²) in [5, 5.41) is 2.38. The Morgan fingerprint density at radius 1 is 1.67 bits per heavy atom. The predicted octanol–water partition coefficient (Wildman–Crippen LogP) is -0.534. The number of hydrogen-bond donors (Lipinski definition) is 1. The molecule has 1 heterocycles. The molecule has 0 aliphatic carbocycles. The van der Waals surface area contributed by atoms with Crippen LogP contribution in [-0.2, 0) is 14.3 Å². The highest BCUT2D eigenvalue weighted by Gasteiger charge is 2.25. The molecule has 1 aliphatic rings. The number of nitrogens with one attached hydrogen (secondary N) is 1. The first-order valence-corrected chi connectivity index (χ1v) is 3.65. The van der Waals surface area contributed by atoms with Crippen molar-refractivity contribution in [2.45, 2.75) is 20.0 Å². The Hall–Kier alpha value is -1.39. The van der Waals surface area contributed by atoms with Gasteiger partial charge in [-0.2, -0.15) is 0 Å². The Balaban J connectivity index is 2.58. The lowest BCUT2D eigenvalue weighted by atomic mass is 10.3. The first-order valence-electron chi connectivity index (χ1n) is 3.65. The third kappa shape index (κ3) is 1.81. The normalized spacial score (nSPS) is 15.9. The fourth-order valence-electron chi connectivity index (χ4n) is 0.773. The van der Waals surface area contributed by atoms with E-state index < -0.39 is 11.9 Å². The van der Waals surface area contributed by atoms with E-state index in [-0.39, 0.29) is 18.5 Å². The minimum Gasteiger partial charge on any atom is -0.458 e. The van der Waals surface area contributed by atoms with E-state index in [1.54, 1.807) is 13.8 Å². The first kappa shape index (κ1) is 8.70. The van der Waals surface area contributed by atoms with Crippen LogP contribution in [0, 0.1) is 0 Å². The fourth-order valence-corrected chi connectivity index (χ4v) is 0.773. The van der Waals surface area contributed by atoms with Crippen LogP contribution in [0.25, 0.3) is 0 Å². The molecule has 1 amide bonds. The molecule has 12 heavy (non-hydrogen) atoms. The van der Waals surface area contributed by atoms with Gasteiger partial charge in [0.15, 0.2) is 0 Å². The fraction of sp³-hybridized carbons (Fsp3) is 0.571. The summed E-state index contributed by atoms with van der Waals surface area (Å²) < 4.78 is 4.77. The monoisotopic (exact) mass is 170 g/mol. The Kier molecular flexibility index (Phi) is 2.42. The van der Waals surface area contributed by atoms with Gasteiger partial charge in [-0.3, -0.25) is 9.79 Å². The molecule has 0 spiro atoms. The maximum Gasteiger partial charge on any atom is 0.362 e. The van der Waals surface area contributed by atoms with Gasteiger partial charge in [-0.25, -0.2) is 4.79 Å². The molecule has 0 atom stereocenters. The smallest absolute Gasteiger partial charge is 0.362 e. The molecule has 0 aromatic heterocycles. The van der Waals surface area contributed by atoms with Crippen LogP contribution >= 0.6 is 0 Å². The van der Waals surface area contributed by atoms with Crippen molar-refractivity contribution < 1.29 is 14.3 Å². The Morgan fingerprint density at radius 3 is 2.75 bits per heavy atom. The number of ether oxygens (including phenoxy) is 1. The predicted molar refractivity (Wildman–Crippen MR) is 41.7 cm³/mol. The number of rotatable bonds is 2. The number of carbonyl (C=O) groups excluding carboxylic acids is 2. The largest absolute Gasteiger partial charge is 0.458 e. The number of nitrogens with zero attached hydrogens (tertiary/aromatic N) is 1. The Morgan fingerprint density at radius 2 is 2.33 bits per heavy atom. The number of esters is 1. The highest BCUT2D eigenvalue weighted by molar-refractivity contribution is 6.64. The van der Waals surface area contributed by atoms with Gasteiger partial charge in [0.1, 0.15) is 6.67 Å². The third-order valence-electron chi connectivity index (χ3n) is 1.23. The molecule has 0 fully saturated rings.